The molecule has 1 N–H and O–H groups in total. The Kier molecular flexibility index (Phi) is 5.24. The highest BCUT2D eigenvalue weighted by molar-refractivity contribution is 5.94. The number of hydrogen-bond donors (Lipinski definition) is 1. The number of aromatic nitrogens is 5. The normalized spacial score (nSPS) is 10.7. The average molecular weight is 372 g/mol. The van der Waals surface area contributed by atoms with E-state index < -0.39 is 0 Å². The zero-order valence-electron chi connectivity index (χ0n) is 15.3. The summed E-state index contributed by atoms with van der Waals surface area (Å²) in [5.74, 6) is 0.701. The van der Waals surface area contributed by atoms with Gasteiger partial charge in [0.15, 0.2) is 5.82 Å². The molecule has 3 heterocycles. The lowest BCUT2D eigenvalue weighted by Gasteiger charge is -2.09. The molecule has 7 heteroatoms. The van der Waals surface area contributed by atoms with Gasteiger partial charge in [0.25, 0.3) is 5.91 Å². The van der Waals surface area contributed by atoms with Crippen molar-refractivity contribution in [2.24, 2.45) is 0 Å². The number of hydrogen-bond acceptors (Lipinski definition) is 4. The van der Waals surface area contributed by atoms with Gasteiger partial charge in [-0.2, -0.15) is 0 Å². The van der Waals surface area contributed by atoms with Crippen molar-refractivity contribution < 1.29 is 4.79 Å². The minimum absolute atomic E-state index is 0.0892. The van der Waals surface area contributed by atoms with Gasteiger partial charge >= 0.3 is 0 Å². The molecule has 4 rings (SSSR count). The fourth-order valence-electron chi connectivity index (χ4n) is 2.96. The van der Waals surface area contributed by atoms with Gasteiger partial charge in [0.1, 0.15) is 5.69 Å². The number of carbonyl (C=O) groups is 1. The molecule has 7 nitrogen and oxygen atoms in total. The SMILES string of the molecule is O=C(NCCn1ccnc1-c1ccccn1)c1ccc(Cn2ccnc2)cc1. The summed E-state index contributed by atoms with van der Waals surface area (Å²) in [4.78, 5) is 25.1. The summed E-state index contributed by atoms with van der Waals surface area (Å²) in [6.07, 6.45) is 10.8. The van der Waals surface area contributed by atoms with Crippen molar-refractivity contribution in [3.63, 3.8) is 0 Å². The van der Waals surface area contributed by atoms with E-state index in [4.69, 9.17) is 0 Å². The molecule has 0 aliphatic heterocycles. The molecule has 0 atom stereocenters. The minimum atomic E-state index is -0.0892. The summed E-state index contributed by atoms with van der Waals surface area (Å²) in [5.41, 5.74) is 2.57. The van der Waals surface area contributed by atoms with Crippen LogP contribution in [0, 0.1) is 0 Å². The van der Waals surface area contributed by atoms with Crippen LogP contribution in [0.1, 0.15) is 15.9 Å². The standard InChI is InChI=1S/C21H20N6O/c28-21(18-6-4-17(5-7-18)15-26-12-9-22-16-26)25-11-14-27-13-10-24-20(27)19-3-1-2-8-23-19/h1-10,12-13,16H,11,14-15H2,(H,25,28). The summed E-state index contributed by atoms with van der Waals surface area (Å²) in [7, 11) is 0. The molecular formula is C21H20N6O. The highest BCUT2D eigenvalue weighted by Crippen LogP contribution is 2.13. The summed E-state index contributed by atoms with van der Waals surface area (Å²) in [6.45, 7) is 1.86. The molecule has 1 amide bonds. The smallest absolute Gasteiger partial charge is 0.251 e. The van der Waals surface area contributed by atoms with E-state index in [1.807, 2.05) is 64.0 Å². The maximum atomic E-state index is 12.4. The third kappa shape index (κ3) is 4.15. The van der Waals surface area contributed by atoms with Crippen LogP contribution in [0.2, 0.25) is 0 Å². The van der Waals surface area contributed by atoms with E-state index in [0.29, 0.717) is 18.7 Å². The molecule has 0 radical (unpaired) electrons. The fourth-order valence-corrected chi connectivity index (χ4v) is 2.96. The van der Waals surface area contributed by atoms with Crippen LogP contribution in [0.15, 0.2) is 79.8 Å². The Bertz CT molecular complexity index is 1020. The Hall–Kier alpha value is -3.74. The summed E-state index contributed by atoms with van der Waals surface area (Å²) in [5, 5.41) is 2.96. The predicted octanol–water partition coefficient (Wildman–Crippen LogP) is 2.62. The number of benzene rings is 1. The predicted molar refractivity (Wildman–Crippen MR) is 106 cm³/mol. The summed E-state index contributed by atoms with van der Waals surface area (Å²) < 4.78 is 3.97. The van der Waals surface area contributed by atoms with E-state index in [1.165, 1.54) is 0 Å². The van der Waals surface area contributed by atoms with Crippen molar-refractivity contribution >= 4 is 5.91 Å². The van der Waals surface area contributed by atoms with E-state index in [1.54, 1.807) is 24.9 Å². The van der Waals surface area contributed by atoms with Gasteiger partial charge < -0.3 is 14.5 Å². The van der Waals surface area contributed by atoms with Crippen molar-refractivity contribution in [2.75, 3.05) is 6.54 Å². The van der Waals surface area contributed by atoms with E-state index in [9.17, 15) is 4.79 Å². The van der Waals surface area contributed by atoms with Crippen molar-refractivity contribution in [1.82, 2.24) is 29.4 Å². The third-order valence-electron chi connectivity index (χ3n) is 4.39. The first-order chi connectivity index (χ1) is 13.8. The Morgan fingerprint density at radius 2 is 1.86 bits per heavy atom. The van der Waals surface area contributed by atoms with Crippen LogP contribution in [-0.4, -0.2) is 36.5 Å². The van der Waals surface area contributed by atoms with E-state index >= 15 is 0 Å². The molecule has 140 valence electrons. The molecule has 1 aromatic carbocycles. The quantitative estimate of drug-likeness (QED) is 0.541. The van der Waals surface area contributed by atoms with Gasteiger partial charge in [-0.1, -0.05) is 18.2 Å². The maximum Gasteiger partial charge on any atom is 0.251 e. The average Bonchev–Trinajstić information content (AvgIpc) is 3.41. The summed E-state index contributed by atoms with van der Waals surface area (Å²) in [6, 6.07) is 13.3. The lowest BCUT2D eigenvalue weighted by Crippen LogP contribution is -2.27. The highest BCUT2D eigenvalue weighted by atomic mass is 16.1. The number of imidazole rings is 2. The van der Waals surface area contributed by atoms with Crippen LogP contribution in [0.3, 0.4) is 0 Å². The molecule has 3 aromatic heterocycles. The number of nitrogens with one attached hydrogen (secondary N) is 1. The Morgan fingerprint density at radius 1 is 0.964 bits per heavy atom. The van der Waals surface area contributed by atoms with Crippen LogP contribution in [0.5, 0.6) is 0 Å². The lowest BCUT2D eigenvalue weighted by atomic mass is 10.1. The monoisotopic (exact) mass is 372 g/mol. The van der Waals surface area contributed by atoms with E-state index in [-0.39, 0.29) is 5.91 Å². The minimum Gasteiger partial charge on any atom is -0.350 e. The van der Waals surface area contributed by atoms with Gasteiger partial charge in [-0.25, -0.2) is 9.97 Å². The number of amides is 1. The Labute approximate surface area is 162 Å². The third-order valence-corrected chi connectivity index (χ3v) is 4.39. The maximum absolute atomic E-state index is 12.4. The molecule has 0 saturated heterocycles. The molecular weight excluding hydrogens is 352 g/mol. The zero-order valence-corrected chi connectivity index (χ0v) is 15.3. The molecule has 0 fully saturated rings. The van der Waals surface area contributed by atoms with Crippen LogP contribution in [0.4, 0.5) is 0 Å². The molecule has 4 aromatic rings. The molecule has 0 spiro atoms. The van der Waals surface area contributed by atoms with Gasteiger partial charge in [0.05, 0.1) is 6.33 Å². The van der Waals surface area contributed by atoms with Gasteiger partial charge in [0.2, 0.25) is 0 Å². The molecule has 28 heavy (non-hydrogen) atoms. The first kappa shape index (κ1) is 17.7. The van der Waals surface area contributed by atoms with Crippen LogP contribution >= 0.6 is 0 Å². The first-order valence-electron chi connectivity index (χ1n) is 9.05. The van der Waals surface area contributed by atoms with Crippen LogP contribution in [-0.2, 0) is 13.1 Å². The molecule has 0 bridgehead atoms. The Morgan fingerprint density at radius 3 is 2.61 bits per heavy atom. The zero-order chi connectivity index (χ0) is 19.2. The topological polar surface area (TPSA) is 77.6 Å². The molecule has 0 unspecified atom stereocenters. The second-order valence-corrected chi connectivity index (χ2v) is 6.35. The first-order valence-corrected chi connectivity index (χ1v) is 9.05. The molecule has 0 saturated carbocycles. The number of carbonyl (C=O) groups excluding carboxylic acids is 1. The number of nitrogens with zero attached hydrogens (tertiary/aromatic N) is 5. The second kappa shape index (κ2) is 8.30. The highest BCUT2D eigenvalue weighted by Gasteiger charge is 2.08. The van der Waals surface area contributed by atoms with Crippen molar-refractivity contribution in [1.29, 1.82) is 0 Å². The largest absolute Gasteiger partial charge is 0.350 e. The van der Waals surface area contributed by atoms with Crippen LogP contribution in [0.25, 0.3) is 11.5 Å². The fraction of sp³-hybridized carbons (Fsp3) is 0.143. The van der Waals surface area contributed by atoms with E-state index in [2.05, 4.69) is 20.3 Å². The van der Waals surface area contributed by atoms with Crippen LogP contribution < -0.4 is 5.32 Å². The van der Waals surface area contributed by atoms with Crippen molar-refractivity contribution in [3.8, 4) is 11.5 Å². The van der Waals surface area contributed by atoms with Gasteiger partial charge in [-0.3, -0.25) is 9.78 Å². The lowest BCUT2D eigenvalue weighted by molar-refractivity contribution is 0.0952. The molecule has 0 aliphatic rings. The molecule has 0 aliphatic carbocycles. The van der Waals surface area contributed by atoms with Crippen molar-refractivity contribution in [3.05, 3.63) is 90.9 Å². The van der Waals surface area contributed by atoms with Crippen molar-refractivity contribution in [2.45, 2.75) is 13.1 Å². The van der Waals surface area contributed by atoms with E-state index in [0.717, 1.165) is 23.6 Å². The second-order valence-electron chi connectivity index (χ2n) is 6.35. The number of pyridine rings is 1. The number of rotatable bonds is 7. The van der Waals surface area contributed by atoms with Gasteiger partial charge in [-0.15, -0.1) is 0 Å². The van der Waals surface area contributed by atoms with Gasteiger partial charge in [-0.05, 0) is 29.8 Å². The summed E-state index contributed by atoms with van der Waals surface area (Å²) >= 11 is 0. The van der Waals surface area contributed by atoms with Gasteiger partial charge in [0, 0.05) is 56.2 Å². The Balaban J connectivity index is 1.32.